The first-order chi connectivity index (χ1) is 16.1. The lowest BCUT2D eigenvalue weighted by Gasteiger charge is -2.20. The van der Waals surface area contributed by atoms with Crippen LogP contribution in [0.5, 0.6) is 5.75 Å². The number of rotatable bonds is 5. The minimum absolute atomic E-state index is 0.173. The SMILES string of the molecule is CC(Oc1cc(-n2nc3n(c2=O)CCCC3)c(F)cc1C(=O)Nc1ccccc1Cl)C(F)(F)F. The van der Waals surface area contributed by atoms with Crippen molar-refractivity contribution in [3.63, 3.8) is 0 Å². The molecule has 0 bridgehead atoms. The predicted octanol–water partition coefficient (Wildman–Crippen LogP) is 4.74. The Balaban J connectivity index is 1.79. The van der Waals surface area contributed by atoms with Crippen molar-refractivity contribution < 1.29 is 27.1 Å². The molecule has 180 valence electrons. The van der Waals surface area contributed by atoms with E-state index in [1.807, 2.05) is 0 Å². The number of anilines is 1. The number of aromatic nitrogens is 3. The largest absolute Gasteiger partial charge is 0.480 e. The lowest BCUT2D eigenvalue weighted by molar-refractivity contribution is -0.189. The van der Waals surface area contributed by atoms with Gasteiger partial charge in [0.1, 0.15) is 23.1 Å². The monoisotopic (exact) mass is 498 g/mol. The molecule has 1 aromatic heterocycles. The molecule has 1 atom stereocenters. The lowest BCUT2D eigenvalue weighted by atomic mass is 10.1. The van der Waals surface area contributed by atoms with Crippen molar-refractivity contribution >= 4 is 23.2 Å². The molecule has 1 aliphatic heterocycles. The van der Waals surface area contributed by atoms with Gasteiger partial charge in [0.05, 0.1) is 16.3 Å². The molecule has 1 unspecified atom stereocenters. The van der Waals surface area contributed by atoms with Crippen LogP contribution in [0.25, 0.3) is 5.69 Å². The number of alkyl halides is 3. The van der Waals surface area contributed by atoms with Crippen molar-refractivity contribution in [2.75, 3.05) is 5.32 Å². The van der Waals surface area contributed by atoms with Crippen LogP contribution in [0.3, 0.4) is 0 Å². The number of fused-ring (bicyclic) bond motifs is 1. The molecule has 4 rings (SSSR count). The summed E-state index contributed by atoms with van der Waals surface area (Å²) in [6.45, 7) is 1.16. The summed E-state index contributed by atoms with van der Waals surface area (Å²) in [6, 6.07) is 7.76. The fraction of sp³-hybridized carbons (Fsp3) is 0.318. The van der Waals surface area contributed by atoms with Crippen LogP contribution in [0, 0.1) is 5.82 Å². The van der Waals surface area contributed by atoms with E-state index in [0.29, 0.717) is 24.9 Å². The number of aryl methyl sites for hydroxylation is 1. The molecule has 2 heterocycles. The van der Waals surface area contributed by atoms with Gasteiger partial charge >= 0.3 is 11.9 Å². The number of benzene rings is 2. The number of halogens is 5. The Morgan fingerprint density at radius 3 is 2.65 bits per heavy atom. The Hall–Kier alpha value is -3.34. The summed E-state index contributed by atoms with van der Waals surface area (Å²) >= 11 is 6.03. The lowest BCUT2D eigenvalue weighted by Crippen LogP contribution is -2.32. The molecule has 0 saturated heterocycles. The third-order valence-electron chi connectivity index (χ3n) is 5.38. The van der Waals surface area contributed by atoms with Gasteiger partial charge in [0.25, 0.3) is 5.91 Å². The quantitative estimate of drug-likeness (QED) is 0.515. The van der Waals surface area contributed by atoms with Gasteiger partial charge in [-0.05, 0) is 38.0 Å². The van der Waals surface area contributed by atoms with E-state index in [2.05, 4.69) is 10.4 Å². The van der Waals surface area contributed by atoms with Crippen molar-refractivity contribution in [3.05, 3.63) is 69.1 Å². The summed E-state index contributed by atoms with van der Waals surface area (Å²) < 4.78 is 61.9. The molecule has 1 amide bonds. The van der Waals surface area contributed by atoms with Gasteiger partial charge in [-0.1, -0.05) is 23.7 Å². The fourth-order valence-corrected chi connectivity index (χ4v) is 3.73. The van der Waals surface area contributed by atoms with Gasteiger partial charge in [-0.15, -0.1) is 5.10 Å². The van der Waals surface area contributed by atoms with E-state index in [1.165, 1.54) is 16.7 Å². The van der Waals surface area contributed by atoms with Crippen LogP contribution in [0.4, 0.5) is 23.2 Å². The molecular formula is C22H19ClF4N4O3. The van der Waals surface area contributed by atoms with Crippen LogP contribution in [0.15, 0.2) is 41.2 Å². The van der Waals surface area contributed by atoms with Gasteiger partial charge in [-0.3, -0.25) is 9.36 Å². The Bertz CT molecular complexity index is 1300. The maximum absolute atomic E-state index is 15.1. The fourth-order valence-electron chi connectivity index (χ4n) is 3.55. The zero-order chi connectivity index (χ0) is 24.6. The van der Waals surface area contributed by atoms with Crippen molar-refractivity contribution in [2.24, 2.45) is 0 Å². The van der Waals surface area contributed by atoms with Gasteiger partial charge < -0.3 is 10.1 Å². The van der Waals surface area contributed by atoms with Crippen LogP contribution < -0.4 is 15.7 Å². The van der Waals surface area contributed by atoms with E-state index in [9.17, 15) is 22.8 Å². The van der Waals surface area contributed by atoms with Gasteiger partial charge in [0.2, 0.25) is 0 Å². The average molecular weight is 499 g/mol. The second-order valence-electron chi connectivity index (χ2n) is 7.75. The highest BCUT2D eigenvalue weighted by atomic mass is 35.5. The third-order valence-corrected chi connectivity index (χ3v) is 5.71. The molecule has 0 spiro atoms. The maximum Gasteiger partial charge on any atom is 0.425 e. The first kappa shape index (κ1) is 23.8. The number of ether oxygens (including phenoxy) is 1. The zero-order valence-corrected chi connectivity index (χ0v) is 18.6. The van der Waals surface area contributed by atoms with E-state index in [-0.39, 0.29) is 10.7 Å². The minimum atomic E-state index is -4.75. The summed E-state index contributed by atoms with van der Waals surface area (Å²) in [5.74, 6) is -2.10. The molecule has 0 fully saturated rings. The summed E-state index contributed by atoms with van der Waals surface area (Å²) in [6.07, 6.45) is -5.01. The van der Waals surface area contributed by atoms with E-state index in [1.54, 1.807) is 12.1 Å². The standard InChI is InChI=1S/C22H19ClF4N4O3/c1-12(22(25,26)27)34-18-11-17(31-21(33)30-9-5-4-8-19(30)29-31)15(24)10-13(18)20(32)28-16-7-3-2-6-14(16)23/h2-3,6-7,10-12H,4-5,8-9H2,1H3,(H,28,32). The van der Waals surface area contributed by atoms with Crippen LogP contribution in [0.2, 0.25) is 5.02 Å². The van der Waals surface area contributed by atoms with Gasteiger partial charge in [0, 0.05) is 19.0 Å². The highest BCUT2D eigenvalue weighted by Crippen LogP contribution is 2.31. The first-order valence-corrected chi connectivity index (χ1v) is 10.8. The van der Waals surface area contributed by atoms with Crippen LogP contribution in [-0.4, -0.2) is 32.5 Å². The summed E-state index contributed by atoms with van der Waals surface area (Å²) in [4.78, 5) is 25.6. The highest BCUT2D eigenvalue weighted by Gasteiger charge is 2.39. The molecule has 3 aromatic rings. The van der Waals surface area contributed by atoms with Gasteiger partial charge in [0.15, 0.2) is 6.10 Å². The van der Waals surface area contributed by atoms with E-state index < -0.39 is 46.7 Å². The Morgan fingerprint density at radius 2 is 1.97 bits per heavy atom. The third kappa shape index (κ3) is 4.65. The van der Waals surface area contributed by atoms with Crippen molar-refractivity contribution in [3.8, 4) is 11.4 Å². The normalized spacial score (nSPS) is 14.4. The number of amides is 1. The topological polar surface area (TPSA) is 78.2 Å². The van der Waals surface area contributed by atoms with E-state index in [4.69, 9.17) is 16.3 Å². The van der Waals surface area contributed by atoms with Crippen LogP contribution in [-0.2, 0) is 13.0 Å². The molecule has 0 aliphatic carbocycles. The number of nitrogens with zero attached hydrogens (tertiary/aromatic N) is 3. The summed E-state index contributed by atoms with van der Waals surface area (Å²) in [5, 5.41) is 6.74. The summed E-state index contributed by atoms with van der Waals surface area (Å²) in [5.41, 5.74) is -1.39. The number of hydrogen-bond donors (Lipinski definition) is 1. The van der Waals surface area contributed by atoms with Crippen LogP contribution in [0.1, 0.15) is 35.9 Å². The van der Waals surface area contributed by atoms with Crippen molar-refractivity contribution in [2.45, 2.75) is 45.0 Å². The number of nitrogens with one attached hydrogen (secondary N) is 1. The summed E-state index contributed by atoms with van der Waals surface area (Å²) in [7, 11) is 0. The molecule has 1 N–H and O–H groups in total. The molecule has 34 heavy (non-hydrogen) atoms. The predicted molar refractivity (Wildman–Crippen MR) is 116 cm³/mol. The van der Waals surface area contributed by atoms with E-state index >= 15 is 4.39 Å². The first-order valence-electron chi connectivity index (χ1n) is 10.4. The molecule has 2 aromatic carbocycles. The molecule has 7 nitrogen and oxygen atoms in total. The van der Waals surface area contributed by atoms with Gasteiger partial charge in [-0.25, -0.2) is 9.18 Å². The second kappa shape index (κ2) is 9.13. The average Bonchev–Trinajstić information content (AvgIpc) is 3.12. The molecular weight excluding hydrogens is 480 g/mol. The second-order valence-corrected chi connectivity index (χ2v) is 8.16. The maximum atomic E-state index is 15.1. The molecule has 0 saturated carbocycles. The van der Waals surface area contributed by atoms with E-state index in [0.717, 1.165) is 30.5 Å². The molecule has 1 aliphatic rings. The number of carbonyl (C=O) groups is 1. The zero-order valence-electron chi connectivity index (χ0n) is 17.8. The van der Waals surface area contributed by atoms with Crippen molar-refractivity contribution in [1.82, 2.24) is 14.3 Å². The highest BCUT2D eigenvalue weighted by molar-refractivity contribution is 6.33. The number of para-hydroxylation sites is 1. The van der Waals surface area contributed by atoms with Crippen molar-refractivity contribution in [1.29, 1.82) is 0 Å². The Kier molecular flexibility index (Phi) is 6.39. The molecule has 0 radical (unpaired) electrons. The van der Waals surface area contributed by atoms with Crippen LogP contribution >= 0.6 is 11.6 Å². The number of carbonyl (C=O) groups excluding carboxylic acids is 1. The van der Waals surface area contributed by atoms with Gasteiger partial charge in [-0.2, -0.15) is 17.9 Å². The number of hydrogen-bond acceptors (Lipinski definition) is 4. The Morgan fingerprint density at radius 1 is 1.24 bits per heavy atom. The minimum Gasteiger partial charge on any atom is -0.480 e. The molecule has 12 heteroatoms. The Labute approximate surface area is 195 Å². The smallest absolute Gasteiger partial charge is 0.425 e.